The number of aldehydes is 1. The minimum Gasteiger partial charge on any atom is -0.393 e. The normalized spacial score (nSPS) is 12.2. The van der Waals surface area contributed by atoms with Gasteiger partial charge in [0.15, 0.2) is 6.29 Å². The molecule has 0 saturated heterocycles. The second kappa shape index (κ2) is 5.87. The van der Waals surface area contributed by atoms with E-state index < -0.39 is 0 Å². The fourth-order valence-corrected chi connectivity index (χ4v) is 1.69. The van der Waals surface area contributed by atoms with Gasteiger partial charge in [0.05, 0.1) is 16.7 Å². The summed E-state index contributed by atoms with van der Waals surface area (Å²) in [5.74, 6) is 0. The van der Waals surface area contributed by atoms with Gasteiger partial charge in [0.25, 0.3) is 0 Å². The maximum absolute atomic E-state index is 10.9. The van der Waals surface area contributed by atoms with E-state index in [0.29, 0.717) is 23.6 Å². The number of benzene rings is 1. The van der Waals surface area contributed by atoms with E-state index in [1.54, 1.807) is 13.0 Å². The SMILES string of the molecule is CC(O)CCN(C)c1cccc(Cl)c1C=O. The number of carbonyl (C=O) groups excluding carboxylic acids is 1. The third-order valence-electron chi connectivity index (χ3n) is 2.44. The number of nitrogens with zero attached hydrogens (tertiary/aromatic N) is 1. The van der Waals surface area contributed by atoms with Crippen LogP contribution in [0.5, 0.6) is 0 Å². The lowest BCUT2D eigenvalue weighted by Crippen LogP contribution is -2.22. The number of aliphatic hydroxyl groups is 1. The molecule has 0 aromatic heterocycles. The van der Waals surface area contributed by atoms with Crippen molar-refractivity contribution in [3.8, 4) is 0 Å². The largest absolute Gasteiger partial charge is 0.393 e. The van der Waals surface area contributed by atoms with Crippen molar-refractivity contribution in [2.75, 3.05) is 18.5 Å². The molecular weight excluding hydrogens is 226 g/mol. The fraction of sp³-hybridized carbons (Fsp3) is 0.417. The maximum Gasteiger partial charge on any atom is 0.153 e. The average molecular weight is 242 g/mol. The minimum absolute atomic E-state index is 0.346. The van der Waals surface area contributed by atoms with E-state index in [1.165, 1.54) is 0 Å². The summed E-state index contributed by atoms with van der Waals surface area (Å²) in [4.78, 5) is 12.8. The summed E-state index contributed by atoms with van der Waals surface area (Å²) >= 11 is 5.93. The first kappa shape index (κ1) is 13.0. The van der Waals surface area contributed by atoms with Crippen LogP contribution in [0.4, 0.5) is 5.69 Å². The van der Waals surface area contributed by atoms with Crippen LogP contribution in [0.2, 0.25) is 5.02 Å². The maximum atomic E-state index is 10.9. The van der Waals surface area contributed by atoms with Crippen LogP contribution in [0.25, 0.3) is 0 Å². The summed E-state index contributed by atoms with van der Waals surface area (Å²) in [6, 6.07) is 5.35. The van der Waals surface area contributed by atoms with Crippen LogP contribution >= 0.6 is 11.6 Å². The van der Waals surface area contributed by atoms with Gasteiger partial charge in [0.1, 0.15) is 0 Å². The average Bonchev–Trinajstić information content (AvgIpc) is 2.25. The van der Waals surface area contributed by atoms with Crippen LogP contribution in [0.3, 0.4) is 0 Å². The monoisotopic (exact) mass is 241 g/mol. The van der Waals surface area contributed by atoms with Crippen LogP contribution in [0.15, 0.2) is 18.2 Å². The second-order valence-corrected chi connectivity index (χ2v) is 4.26. The summed E-state index contributed by atoms with van der Waals surface area (Å²) in [6.45, 7) is 2.42. The van der Waals surface area contributed by atoms with E-state index in [4.69, 9.17) is 11.6 Å². The van der Waals surface area contributed by atoms with E-state index in [-0.39, 0.29) is 6.10 Å². The van der Waals surface area contributed by atoms with Crippen LogP contribution < -0.4 is 4.90 Å². The predicted molar refractivity (Wildman–Crippen MR) is 66.4 cm³/mol. The highest BCUT2D eigenvalue weighted by atomic mass is 35.5. The third-order valence-corrected chi connectivity index (χ3v) is 2.77. The Morgan fingerprint density at radius 3 is 2.81 bits per heavy atom. The molecule has 3 nitrogen and oxygen atoms in total. The van der Waals surface area contributed by atoms with Gasteiger partial charge in [-0.3, -0.25) is 4.79 Å². The zero-order valence-corrected chi connectivity index (χ0v) is 10.2. The molecule has 0 aliphatic carbocycles. The Bertz CT molecular complexity index is 366. The second-order valence-electron chi connectivity index (χ2n) is 3.85. The van der Waals surface area contributed by atoms with Crippen molar-refractivity contribution in [1.82, 2.24) is 0 Å². The zero-order chi connectivity index (χ0) is 12.1. The Labute approximate surface area is 101 Å². The fourth-order valence-electron chi connectivity index (χ4n) is 1.48. The molecule has 0 amide bonds. The van der Waals surface area contributed by atoms with Gasteiger partial charge in [-0.05, 0) is 25.5 Å². The number of carbonyl (C=O) groups is 1. The molecule has 4 heteroatoms. The molecule has 1 rings (SSSR count). The van der Waals surface area contributed by atoms with Gasteiger partial charge in [-0.1, -0.05) is 17.7 Å². The molecule has 0 spiro atoms. The smallest absolute Gasteiger partial charge is 0.153 e. The Kier molecular flexibility index (Phi) is 4.77. The van der Waals surface area contributed by atoms with Crippen molar-refractivity contribution in [3.05, 3.63) is 28.8 Å². The first-order valence-corrected chi connectivity index (χ1v) is 5.57. The molecular formula is C12H16ClNO2. The van der Waals surface area contributed by atoms with Crippen LogP contribution in [0.1, 0.15) is 23.7 Å². The van der Waals surface area contributed by atoms with Crippen molar-refractivity contribution in [2.24, 2.45) is 0 Å². The highest BCUT2D eigenvalue weighted by Gasteiger charge is 2.10. The first-order chi connectivity index (χ1) is 7.56. The topological polar surface area (TPSA) is 40.5 Å². The summed E-state index contributed by atoms with van der Waals surface area (Å²) < 4.78 is 0. The molecule has 1 unspecified atom stereocenters. The summed E-state index contributed by atoms with van der Waals surface area (Å²) in [5, 5.41) is 9.66. The molecule has 0 aliphatic heterocycles. The van der Waals surface area contributed by atoms with Gasteiger partial charge in [0, 0.05) is 19.3 Å². The highest BCUT2D eigenvalue weighted by Crippen LogP contribution is 2.25. The molecule has 0 aliphatic rings. The predicted octanol–water partition coefficient (Wildman–Crippen LogP) is 2.36. The molecule has 1 aromatic rings. The molecule has 88 valence electrons. The number of aliphatic hydroxyl groups excluding tert-OH is 1. The van der Waals surface area contributed by atoms with Crippen molar-refractivity contribution < 1.29 is 9.90 Å². The standard InChI is InChI=1S/C12H16ClNO2/c1-9(16)6-7-14(2)12-5-3-4-11(13)10(12)8-15/h3-5,8-9,16H,6-7H2,1-2H3. The number of halogens is 1. The summed E-state index contributed by atoms with van der Waals surface area (Å²) in [7, 11) is 1.88. The molecule has 1 N–H and O–H groups in total. The summed E-state index contributed by atoms with van der Waals surface area (Å²) in [5.41, 5.74) is 1.29. The number of hydrogen-bond acceptors (Lipinski definition) is 3. The van der Waals surface area contributed by atoms with E-state index in [9.17, 15) is 9.90 Å². The van der Waals surface area contributed by atoms with Gasteiger partial charge >= 0.3 is 0 Å². The Balaban J connectivity index is 2.86. The van der Waals surface area contributed by atoms with E-state index in [0.717, 1.165) is 12.0 Å². The lowest BCUT2D eigenvalue weighted by molar-refractivity contribution is 0.112. The van der Waals surface area contributed by atoms with Gasteiger partial charge in [-0.2, -0.15) is 0 Å². The van der Waals surface area contributed by atoms with Gasteiger partial charge in [0.2, 0.25) is 0 Å². The van der Waals surface area contributed by atoms with Crippen LogP contribution in [-0.2, 0) is 0 Å². The van der Waals surface area contributed by atoms with Crippen molar-refractivity contribution >= 4 is 23.6 Å². The number of rotatable bonds is 5. The van der Waals surface area contributed by atoms with E-state index in [2.05, 4.69) is 0 Å². The van der Waals surface area contributed by atoms with Crippen molar-refractivity contribution in [2.45, 2.75) is 19.4 Å². The van der Waals surface area contributed by atoms with Crippen LogP contribution in [0, 0.1) is 0 Å². The van der Waals surface area contributed by atoms with E-state index >= 15 is 0 Å². The molecule has 0 radical (unpaired) electrons. The Morgan fingerprint density at radius 2 is 2.25 bits per heavy atom. The molecule has 1 aromatic carbocycles. The first-order valence-electron chi connectivity index (χ1n) is 5.19. The number of anilines is 1. The van der Waals surface area contributed by atoms with Gasteiger partial charge < -0.3 is 10.0 Å². The molecule has 16 heavy (non-hydrogen) atoms. The third kappa shape index (κ3) is 3.22. The molecule has 0 fully saturated rings. The minimum atomic E-state index is -0.346. The lowest BCUT2D eigenvalue weighted by Gasteiger charge is -2.22. The van der Waals surface area contributed by atoms with Crippen molar-refractivity contribution in [3.63, 3.8) is 0 Å². The molecule has 0 saturated carbocycles. The lowest BCUT2D eigenvalue weighted by atomic mass is 10.1. The Morgan fingerprint density at radius 1 is 1.56 bits per heavy atom. The van der Waals surface area contributed by atoms with Crippen molar-refractivity contribution in [1.29, 1.82) is 0 Å². The highest BCUT2D eigenvalue weighted by molar-refractivity contribution is 6.33. The molecule has 0 bridgehead atoms. The zero-order valence-electron chi connectivity index (χ0n) is 9.48. The van der Waals surface area contributed by atoms with E-state index in [1.807, 2.05) is 24.1 Å². The van der Waals surface area contributed by atoms with Gasteiger partial charge in [-0.15, -0.1) is 0 Å². The quantitative estimate of drug-likeness (QED) is 0.805. The molecule has 0 heterocycles. The Hall–Kier alpha value is -1.06. The number of hydrogen-bond donors (Lipinski definition) is 1. The van der Waals surface area contributed by atoms with Gasteiger partial charge in [-0.25, -0.2) is 0 Å². The van der Waals surface area contributed by atoms with Crippen LogP contribution in [-0.4, -0.2) is 31.1 Å². The molecule has 1 atom stereocenters. The summed E-state index contributed by atoms with van der Waals surface area (Å²) in [6.07, 6.45) is 1.07.